The molecule has 0 radical (unpaired) electrons. The maximum absolute atomic E-state index is 14.3. The summed E-state index contributed by atoms with van der Waals surface area (Å²) in [5, 5.41) is 7.47. The van der Waals surface area contributed by atoms with Crippen molar-refractivity contribution in [1.82, 2.24) is 15.1 Å². The van der Waals surface area contributed by atoms with Gasteiger partial charge in [0, 0.05) is 29.3 Å². The van der Waals surface area contributed by atoms with Crippen molar-refractivity contribution < 1.29 is 31.2 Å². The van der Waals surface area contributed by atoms with E-state index in [2.05, 4.69) is 10.0 Å². The number of nitrogens with zero attached hydrogens (tertiary/aromatic N) is 3. The highest BCUT2D eigenvalue weighted by molar-refractivity contribution is 7.96. The van der Waals surface area contributed by atoms with Gasteiger partial charge < -0.3 is 5.32 Å². The number of carbonyl (C=O) groups excluding carboxylic acids is 2. The van der Waals surface area contributed by atoms with E-state index in [0.717, 1.165) is 18.2 Å². The van der Waals surface area contributed by atoms with E-state index in [4.69, 9.17) is 5.10 Å². The molecule has 13 heteroatoms. The van der Waals surface area contributed by atoms with E-state index in [1.807, 2.05) is 30.3 Å². The highest BCUT2D eigenvalue weighted by Gasteiger charge is 2.45. The molecular weight excluding hydrogens is 619 g/mol. The van der Waals surface area contributed by atoms with Crippen LogP contribution in [-0.4, -0.2) is 42.6 Å². The number of rotatable bonds is 8. The Morgan fingerprint density at radius 2 is 1.72 bits per heavy atom. The fourth-order valence-electron chi connectivity index (χ4n) is 5.54. The first-order valence-corrected chi connectivity index (χ1v) is 15.9. The van der Waals surface area contributed by atoms with E-state index in [-0.39, 0.29) is 22.7 Å². The lowest BCUT2D eigenvalue weighted by Crippen LogP contribution is -2.55. The number of nitrogens with one attached hydrogen (secondary N) is 2. The molecule has 0 spiro atoms. The Balaban J connectivity index is 1.68. The molecule has 4 aromatic rings. The molecule has 240 valence electrons. The first-order valence-electron chi connectivity index (χ1n) is 14.5. The van der Waals surface area contributed by atoms with Crippen molar-refractivity contribution in [3.05, 3.63) is 118 Å². The fraction of sp³-hybridized carbons (Fsp3) is 0.242. The summed E-state index contributed by atoms with van der Waals surface area (Å²) in [6.45, 7) is 6.80. The number of amides is 2. The predicted molar refractivity (Wildman–Crippen MR) is 169 cm³/mol. The van der Waals surface area contributed by atoms with Crippen LogP contribution in [0.1, 0.15) is 59.4 Å². The van der Waals surface area contributed by atoms with Crippen molar-refractivity contribution >= 4 is 33.3 Å². The van der Waals surface area contributed by atoms with Crippen LogP contribution in [0.4, 0.5) is 24.7 Å². The molecule has 2 atom stereocenters. The quantitative estimate of drug-likeness (QED) is 0.237. The average molecular weight is 652 g/mol. The Bertz CT molecular complexity index is 1940. The molecule has 2 heterocycles. The molecule has 0 aliphatic carbocycles. The van der Waals surface area contributed by atoms with Crippen molar-refractivity contribution in [2.75, 3.05) is 16.2 Å². The number of aryl methyl sites for hydroxylation is 1. The second-order valence-corrected chi connectivity index (χ2v) is 12.6. The normalized spacial score (nSPS) is 17.1. The van der Waals surface area contributed by atoms with Gasteiger partial charge in [0.05, 0.1) is 21.8 Å². The van der Waals surface area contributed by atoms with Crippen LogP contribution in [0.2, 0.25) is 0 Å². The third-order valence-corrected chi connectivity index (χ3v) is 9.49. The van der Waals surface area contributed by atoms with Gasteiger partial charge in [-0.2, -0.15) is 18.3 Å². The Labute approximate surface area is 264 Å². The van der Waals surface area contributed by atoms with Gasteiger partial charge in [0.2, 0.25) is 0 Å². The molecule has 0 saturated carbocycles. The highest BCUT2D eigenvalue weighted by atomic mass is 32.2. The number of alkyl halides is 3. The molecule has 2 N–H and O–H groups in total. The van der Waals surface area contributed by atoms with Crippen LogP contribution >= 0.6 is 0 Å². The van der Waals surface area contributed by atoms with E-state index >= 15 is 0 Å². The molecule has 0 unspecified atom stereocenters. The Hall–Kier alpha value is -4.91. The zero-order valence-electron chi connectivity index (χ0n) is 25.5. The number of fused-ring (bicyclic) bond motifs is 1. The minimum atomic E-state index is -4.67. The summed E-state index contributed by atoms with van der Waals surface area (Å²) < 4.78 is 70.2. The Morgan fingerprint density at radius 3 is 2.37 bits per heavy atom. The van der Waals surface area contributed by atoms with Crippen LogP contribution in [0.3, 0.4) is 0 Å². The molecule has 9 nitrogen and oxygen atoms in total. The lowest BCUT2D eigenvalue weighted by Gasteiger charge is -2.38. The Kier molecular flexibility index (Phi) is 8.81. The first kappa shape index (κ1) is 32.5. The van der Waals surface area contributed by atoms with Crippen LogP contribution in [-0.2, 0) is 21.0 Å². The number of para-hydroxylation sites is 1. The minimum Gasteiger partial charge on any atom is -0.339 e. The number of allylic oxidation sites excluding steroid dienone is 2. The summed E-state index contributed by atoms with van der Waals surface area (Å²) in [5.74, 6) is -1.79. The number of sulfonamides is 1. The van der Waals surface area contributed by atoms with Crippen LogP contribution in [0.15, 0.2) is 89.8 Å². The van der Waals surface area contributed by atoms with E-state index in [0.29, 0.717) is 28.3 Å². The first-order chi connectivity index (χ1) is 21.8. The molecular formula is C33H32F3N5O4S. The van der Waals surface area contributed by atoms with E-state index in [1.165, 1.54) is 24.0 Å². The van der Waals surface area contributed by atoms with Crippen LogP contribution < -0.4 is 14.9 Å². The number of halogens is 3. The van der Waals surface area contributed by atoms with Crippen LogP contribution in [0.25, 0.3) is 5.69 Å². The Morgan fingerprint density at radius 1 is 1.02 bits per heavy atom. The summed E-state index contributed by atoms with van der Waals surface area (Å²) >= 11 is 0. The summed E-state index contributed by atoms with van der Waals surface area (Å²) in [6, 6.07) is 18.3. The van der Waals surface area contributed by atoms with E-state index in [9.17, 15) is 31.2 Å². The third kappa shape index (κ3) is 6.14. The van der Waals surface area contributed by atoms with Gasteiger partial charge >= 0.3 is 6.18 Å². The van der Waals surface area contributed by atoms with Crippen molar-refractivity contribution in [3.63, 3.8) is 0 Å². The SMILES string of the molecule is C/C=C(/C)S(=O)(=O)Nc1cccc([C@H]2c3c(C)nn(-c4ccccc4)c3N(CC)C(=O)[C@@H]2NC(=O)c2cccc(C(F)(F)F)c2)c1. The number of carbonyl (C=O) groups is 2. The van der Waals surface area contributed by atoms with Crippen LogP contribution in [0, 0.1) is 6.92 Å². The molecule has 1 aliphatic rings. The standard InChI is InChI=1S/C33H32F3N5O4S/c1-5-20(3)46(44,45)39-25-15-11-12-22(19-25)28-27-21(4)38-41(26-16-8-7-9-17-26)31(27)40(6-2)32(43)29(28)37-30(42)23-13-10-14-24(18-23)33(34,35)36/h5,7-19,28-29,39H,6H2,1-4H3,(H,37,42)/b20-5-/t28-,29+/m0/s1. The predicted octanol–water partition coefficient (Wildman–Crippen LogP) is 6.16. The van der Waals surface area contributed by atoms with Crippen molar-refractivity contribution in [2.45, 2.75) is 45.8 Å². The summed E-state index contributed by atoms with van der Waals surface area (Å²) in [6.07, 6.45) is -3.21. The molecule has 1 aliphatic heterocycles. The van der Waals surface area contributed by atoms with Gasteiger partial charge in [-0.15, -0.1) is 0 Å². The van der Waals surface area contributed by atoms with Crippen molar-refractivity contribution in [1.29, 1.82) is 0 Å². The monoisotopic (exact) mass is 651 g/mol. The molecule has 5 rings (SSSR count). The number of anilines is 2. The summed E-state index contributed by atoms with van der Waals surface area (Å²) in [4.78, 5) is 29.4. The van der Waals surface area contributed by atoms with Crippen LogP contribution in [0.5, 0.6) is 0 Å². The van der Waals surface area contributed by atoms with Crippen molar-refractivity contribution in [2.24, 2.45) is 0 Å². The van der Waals surface area contributed by atoms with Gasteiger partial charge in [-0.25, -0.2) is 13.1 Å². The highest BCUT2D eigenvalue weighted by Crippen LogP contribution is 2.44. The van der Waals surface area contributed by atoms with Gasteiger partial charge in [0.15, 0.2) is 0 Å². The lowest BCUT2D eigenvalue weighted by molar-refractivity contribution is -0.137. The van der Waals surface area contributed by atoms with Gasteiger partial charge in [0.1, 0.15) is 11.9 Å². The number of hydrogen-bond acceptors (Lipinski definition) is 5. The topological polar surface area (TPSA) is 113 Å². The number of hydrogen-bond donors (Lipinski definition) is 2. The van der Waals surface area contributed by atoms with E-state index in [1.54, 1.807) is 49.7 Å². The number of benzene rings is 3. The summed E-state index contributed by atoms with van der Waals surface area (Å²) in [7, 11) is -3.86. The van der Waals surface area contributed by atoms with Gasteiger partial charge in [-0.3, -0.25) is 19.2 Å². The fourth-order valence-corrected chi connectivity index (χ4v) is 6.45. The molecule has 0 fully saturated rings. The van der Waals surface area contributed by atoms with Crippen molar-refractivity contribution in [3.8, 4) is 5.69 Å². The molecule has 0 bridgehead atoms. The molecule has 3 aromatic carbocycles. The molecule has 0 saturated heterocycles. The number of aromatic nitrogens is 2. The number of likely N-dealkylation sites (N-methyl/N-ethyl adjacent to an activating group) is 1. The largest absolute Gasteiger partial charge is 0.416 e. The average Bonchev–Trinajstić information content (AvgIpc) is 3.37. The third-order valence-electron chi connectivity index (χ3n) is 7.90. The second-order valence-electron chi connectivity index (χ2n) is 10.8. The smallest absolute Gasteiger partial charge is 0.339 e. The maximum Gasteiger partial charge on any atom is 0.416 e. The summed E-state index contributed by atoms with van der Waals surface area (Å²) in [5.41, 5.74) is 1.27. The van der Waals surface area contributed by atoms with Gasteiger partial charge in [-0.05, 0) is 75.7 Å². The second kappa shape index (κ2) is 12.5. The molecule has 46 heavy (non-hydrogen) atoms. The zero-order chi connectivity index (χ0) is 33.4. The van der Waals surface area contributed by atoms with Gasteiger partial charge in [0.25, 0.3) is 21.8 Å². The van der Waals surface area contributed by atoms with Gasteiger partial charge in [-0.1, -0.05) is 42.5 Å². The maximum atomic E-state index is 14.3. The van der Waals surface area contributed by atoms with E-state index < -0.39 is 45.5 Å². The molecule has 1 aromatic heterocycles. The minimum absolute atomic E-state index is 0.109. The molecule has 2 amide bonds. The zero-order valence-corrected chi connectivity index (χ0v) is 26.3. The lowest BCUT2D eigenvalue weighted by atomic mass is 9.81.